The predicted molar refractivity (Wildman–Crippen MR) is 152 cm³/mol. The molecule has 4 aromatic rings. The lowest BCUT2D eigenvalue weighted by Gasteiger charge is -2.31. The van der Waals surface area contributed by atoms with Gasteiger partial charge in [-0.25, -0.2) is 4.90 Å². The summed E-state index contributed by atoms with van der Waals surface area (Å²) in [7, 11) is 0. The number of benzene rings is 3. The highest BCUT2D eigenvalue weighted by Gasteiger charge is 2.73. The Morgan fingerprint density at radius 1 is 1.02 bits per heavy atom. The number of imide groups is 1. The molecule has 4 heterocycles. The van der Waals surface area contributed by atoms with Crippen molar-refractivity contribution in [2.75, 3.05) is 10.7 Å². The fourth-order valence-electron chi connectivity index (χ4n) is 7.18. The number of alkyl halides is 3. The number of nitrogens with zero attached hydrogens (tertiary/aromatic N) is 3. The van der Waals surface area contributed by atoms with E-state index in [9.17, 15) is 28.0 Å². The van der Waals surface area contributed by atoms with E-state index in [1.54, 1.807) is 18.2 Å². The molecule has 7 rings (SSSR count). The topological polar surface area (TPSA) is 83.3 Å². The summed E-state index contributed by atoms with van der Waals surface area (Å²) < 4.78 is 46.2. The molecule has 3 saturated heterocycles. The van der Waals surface area contributed by atoms with Crippen LogP contribution in [0.4, 0.5) is 18.9 Å². The number of amides is 2. The number of pyridine rings is 1. The number of thioether (sulfide) groups is 1. The van der Waals surface area contributed by atoms with Gasteiger partial charge in [-0.1, -0.05) is 30.3 Å². The first-order valence-electron chi connectivity index (χ1n) is 13.6. The summed E-state index contributed by atoms with van der Waals surface area (Å²) in [4.78, 5) is 34.3. The molecule has 10 heteroatoms. The number of carbonyl (C=O) groups excluding carboxylic acids is 2. The van der Waals surface area contributed by atoms with E-state index < -0.39 is 34.8 Å². The molecule has 4 atom stereocenters. The van der Waals surface area contributed by atoms with Crippen LogP contribution in [0.15, 0.2) is 71.8 Å². The second kappa shape index (κ2) is 9.28. The van der Waals surface area contributed by atoms with Crippen LogP contribution in [-0.2, 0) is 20.5 Å². The Bertz CT molecular complexity index is 1850. The molecule has 0 N–H and O–H groups in total. The number of carbonyl (C=O) groups is 2. The van der Waals surface area contributed by atoms with Crippen molar-refractivity contribution in [3.05, 3.63) is 78.0 Å². The van der Waals surface area contributed by atoms with Gasteiger partial charge in [-0.3, -0.25) is 14.6 Å². The van der Waals surface area contributed by atoms with E-state index in [-0.39, 0.29) is 17.3 Å². The van der Waals surface area contributed by atoms with Crippen LogP contribution in [0.2, 0.25) is 0 Å². The van der Waals surface area contributed by atoms with Crippen LogP contribution in [-0.4, -0.2) is 33.8 Å². The Morgan fingerprint density at radius 2 is 1.79 bits per heavy atom. The summed E-state index contributed by atoms with van der Waals surface area (Å²) in [6.07, 6.45) is -1.17. The Morgan fingerprint density at radius 3 is 2.55 bits per heavy atom. The molecule has 212 valence electrons. The third kappa shape index (κ3) is 3.87. The molecule has 3 fully saturated rings. The zero-order chi connectivity index (χ0) is 29.4. The van der Waals surface area contributed by atoms with Gasteiger partial charge >= 0.3 is 6.18 Å². The molecule has 0 spiro atoms. The molecule has 3 aliphatic heterocycles. The van der Waals surface area contributed by atoms with Crippen LogP contribution in [0.3, 0.4) is 0 Å². The van der Waals surface area contributed by atoms with Crippen molar-refractivity contribution in [3.8, 4) is 6.07 Å². The van der Waals surface area contributed by atoms with Gasteiger partial charge in [0.05, 0.1) is 51.4 Å². The summed E-state index contributed by atoms with van der Waals surface area (Å²) in [5, 5.41) is 11.5. The SMILES string of the molecule is CC12CCC(CCSc3ccnc4cc(C(F)(F)F)ccc34)(O1)C1C(=O)N(c3ccc(C#N)c4ccccc34)C(=O)C12. The lowest BCUT2D eigenvalue weighted by atomic mass is 9.67. The number of aromatic nitrogens is 1. The van der Waals surface area contributed by atoms with Gasteiger partial charge in [0.25, 0.3) is 0 Å². The van der Waals surface area contributed by atoms with E-state index in [0.29, 0.717) is 52.4 Å². The maximum Gasteiger partial charge on any atom is 0.416 e. The summed E-state index contributed by atoms with van der Waals surface area (Å²) in [6, 6.07) is 18.1. The first-order chi connectivity index (χ1) is 20.1. The quantitative estimate of drug-likeness (QED) is 0.187. The zero-order valence-electron chi connectivity index (χ0n) is 22.4. The van der Waals surface area contributed by atoms with Gasteiger partial charge in [0.1, 0.15) is 0 Å². The minimum Gasteiger partial charge on any atom is -0.367 e. The third-order valence-corrected chi connectivity index (χ3v) is 10.2. The number of nitriles is 1. The molecule has 2 bridgehead atoms. The van der Waals surface area contributed by atoms with Crippen molar-refractivity contribution in [1.82, 2.24) is 4.98 Å². The van der Waals surface area contributed by atoms with Crippen molar-refractivity contribution < 1.29 is 27.5 Å². The Hall–Kier alpha value is -3.94. The normalized spacial score (nSPS) is 26.8. The van der Waals surface area contributed by atoms with Crippen LogP contribution >= 0.6 is 11.8 Å². The highest BCUT2D eigenvalue weighted by atomic mass is 32.2. The number of rotatable bonds is 5. The number of ether oxygens (including phenoxy) is 1. The van der Waals surface area contributed by atoms with E-state index in [0.717, 1.165) is 17.0 Å². The molecule has 2 amide bonds. The number of hydrogen-bond donors (Lipinski definition) is 0. The van der Waals surface area contributed by atoms with Crippen molar-refractivity contribution >= 4 is 50.9 Å². The highest BCUT2D eigenvalue weighted by molar-refractivity contribution is 7.99. The predicted octanol–water partition coefficient (Wildman–Crippen LogP) is 6.89. The number of hydrogen-bond acceptors (Lipinski definition) is 6. The first kappa shape index (κ1) is 26.9. The van der Waals surface area contributed by atoms with Crippen LogP contribution < -0.4 is 4.90 Å². The maximum atomic E-state index is 14.1. The number of anilines is 1. The van der Waals surface area contributed by atoms with Gasteiger partial charge in [-0.2, -0.15) is 18.4 Å². The highest BCUT2D eigenvalue weighted by Crippen LogP contribution is 2.62. The van der Waals surface area contributed by atoms with Gasteiger partial charge in [-0.15, -0.1) is 11.8 Å². The number of fused-ring (bicyclic) bond motifs is 7. The zero-order valence-corrected chi connectivity index (χ0v) is 23.3. The molecule has 0 saturated carbocycles. The molecule has 3 aliphatic rings. The molecule has 42 heavy (non-hydrogen) atoms. The Kier molecular flexibility index (Phi) is 5.95. The van der Waals surface area contributed by atoms with Crippen LogP contribution in [0.25, 0.3) is 21.7 Å². The van der Waals surface area contributed by atoms with E-state index in [4.69, 9.17) is 4.74 Å². The van der Waals surface area contributed by atoms with Crippen LogP contribution in [0, 0.1) is 23.2 Å². The molecule has 4 unspecified atom stereocenters. The average Bonchev–Trinajstić information content (AvgIpc) is 3.55. The van der Waals surface area contributed by atoms with E-state index >= 15 is 0 Å². The van der Waals surface area contributed by atoms with Crippen molar-refractivity contribution in [2.24, 2.45) is 11.8 Å². The molecular weight excluding hydrogens is 563 g/mol. The summed E-state index contributed by atoms with van der Waals surface area (Å²) >= 11 is 1.48. The van der Waals surface area contributed by atoms with Gasteiger partial charge in [0.2, 0.25) is 11.8 Å². The van der Waals surface area contributed by atoms with Gasteiger partial charge in [-0.05, 0) is 56.5 Å². The van der Waals surface area contributed by atoms with Crippen LogP contribution in [0.1, 0.15) is 37.3 Å². The lowest BCUT2D eigenvalue weighted by molar-refractivity contribution is -0.137. The number of halogens is 3. The molecule has 3 aromatic carbocycles. The molecule has 0 radical (unpaired) electrons. The van der Waals surface area contributed by atoms with Gasteiger partial charge in [0.15, 0.2) is 0 Å². The third-order valence-electron chi connectivity index (χ3n) is 9.09. The standard InChI is InChI=1S/C32H24F3N3O3S/c1-30-11-12-31(41-30,13-15-42-25-10-14-37-23-16-19(32(33,34)35)7-8-22(23)25)27-26(30)28(39)38(29(27)40)24-9-6-18(17-36)20-4-2-3-5-21(20)24/h2-10,14,16,26-27H,11-13,15H2,1H3. The van der Waals surface area contributed by atoms with E-state index in [1.807, 2.05) is 31.2 Å². The van der Waals surface area contributed by atoms with Crippen LogP contribution in [0.5, 0.6) is 0 Å². The molecule has 6 nitrogen and oxygen atoms in total. The lowest BCUT2D eigenvalue weighted by Crippen LogP contribution is -2.42. The van der Waals surface area contributed by atoms with Crippen molar-refractivity contribution in [2.45, 2.75) is 48.5 Å². The van der Waals surface area contributed by atoms with E-state index in [2.05, 4.69) is 11.1 Å². The van der Waals surface area contributed by atoms with Gasteiger partial charge in [0, 0.05) is 33.0 Å². The minimum absolute atomic E-state index is 0.264. The summed E-state index contributed by atoms with van der Waals surface area (Å²) in [6.45, 7) is 1.91. The second-order valence-corrected chi connectivity index (χ2v) is 12.5. The largest absolute Gasteiger partial charge is 0.416 e. The first-order valence-corrected chi connectivity index (χ1v) is 14.6. The van der Waals surface area contributed by atoms with Gasteiger partial charge < -0.3 is 4.74 Å². The molecule has 1 aromatic heterocycles. The molecular formula is C32H24F3N3O3S. The van der Waals surface area contributed by atoms with Crippen molar-refractivity contribution in [1.29, 1.82) is 5.26 Å². The molecule has 0 aliphatic carbocycles. The average molecular weight is 588 g/mol. The summed E-state index contributed by atoms with van der Waals surface area (Å²) in [5.41, 5.74) is -1.12. The van der Waals surface area contributed by atoms with E-state index in [1.165, 1.54) is 28.9 Å². The smallest absolute Gasteiger partial charge is 0.367 e. The Balaban J connectivity index is 1.18. The fourth-order valence-corrected chi connectivity index (χ4v) is 8.33. The fraction of sp³-hybridized carbons (Fsp3) is 0.312. The Labute approximate surface area is 243 Å². The second-order valence-electron chi connectivity index (χ2n) is 11.4. The summed E-state index contributed by atoms with van der Waals surface area (Å²) in [5.74, 6) is -1.27. The monoisotopic (exact) mass is 587 g/mol. The maximum absolute atomic E-state index is 14.1. The minimum atomic E-state index is -4.45. The van der Waals surface area contributed by atoms with Crippen molar-refractivity contribution in [3.63, 3.8) is 0 Å².